The number of hydrogen-bond acceptors (Lipinski definition) is 15. The number of H-pyrrole nitrogens is 1. The average molecular weight is 643 g/mol. The van der Waals surface area contributed by atoms with E-state index >= 15 is 0 Å². The largest absolute Gasteiger partial charge is 0.697 e. The van der Waals surface area contributed by atoms with Gasteiger partial charge in [-0.1, -0.05) is 0 Å². The van der Waals surface area contributed by atoms with Crippen molar-refractivity contribution < 1.29 is 37.4 Å². The molecule has 0 radical (unpaired) electrons. The molecule has 2 fully saturated rings. The Morgan fingerprint density at radius 3 is 2.62 bits per heavy atom. The Morgan fingerprint density at radius 1 is 1.07 bits per heavy atom. The fraction of sp³-hybridized carbons (Fsp3) is 0.500. The standard InChI is InChI=1S/C20H24N10O9P2S/c21-16-14-17(24-6-23-16)30(7-25-14)13-3-10(11(38-13)5-36-41(33,34)42)39-40(32)35-4-9-1-2-12(37-9)29-8-26-15-18(29)27-20(22)28-19(15)31/h6-13H,1-5H2,(H6-,21,22,23,24,27,28,31,33,34,42)/p+1/t9-,10-,11+,12+,13+/m0/s1. The van der Waals surface area contributed by atoms with Crippen LogP contribution in [0.15, 0.2) is 23.8 Å². The highest BCUT2D eigenvalue weighted by Crippen LogP contribution is 2.42. The summed E-state index contributed by atoms with van der Waals surface area (Å²) in [7, 11) is -2.66. The molecule has 0 amide bonds. The van der Waals surface area contributed by atoms with E-state index in [2.05, 4.69) is 41.7 Å². The van der Waals surface area contributed by atoms with E-state index in [1.165, 1.54) is 19.0 Å². The zero-order valence-corrected chi connectivity index (χ0v) is 24.1. The van der Waals surface area contributed by atoms with Gasteiger partial charge in [0.15, 0.2) is 22.6 Å². The molecular weight excluding hydrogens is 618 g/mol. The number of nitrogens with one attached hydrogen (secondary N) is 1. The van der Waals surface area contributed by atoms with E-state index in [1.807, 2.05) is 0 Å². The molecule has 22 heteroatoms. The molecule has 7 N–H and O–H groups in total. The number of fused-ring (bicyclic) bond motifs is 2. The van der Waals surface area contributed by atoms with Crippen LogP contribution in [0, 0.1) is 0 Å². The van der Waals surface area contributed by atoms with E-state index in [0.717, 1.165) is 0 Å². The second-order valence-corrected chi connectivity index (χ2v) is 13.0. The van der Waals surface area contributed by atoms with Crippen molar-refractivity contribution in [3.63, 3.8) is 0 Å². The van der Waals surface area contributed by atoms with Gasteiger partial charge in [0.2, 0.25) is 5.95 Å². The number of nitrogen functional groups attached to an aromatic ring is 2. The number of nitrogens with two attached hydrogens (primary N) is 2. The number of aromatic amines is 1. The van der Waals surface area contributed by atoms with Crippen LogP contribution in [0.4, 0.5) is 11.8 Å². The van der Waals surface area contributed by atoms with Crippen LogP contribution in [0.25, 0.3) is 22.3 Å². The van der Waals surface area contributed by atoms with Gasteiger partial charge in [0.1, 0.15) is 43.1 Å². The quantitative estimate of drug-likeness (QED) is 0.146. The van der Waals surface area contributed by atoms with Crippen molar-refractivity contribution in [3.05, 3.63) is 29.3 Å². The highest BCUT2D eigenvalue weighted by molar-refractivity contribution is 8.06. The van der Waals surface area contributed by atoms with Crippen LogP contribution in [0.1, 0.15) is 31.7 Å². The number of anilines is 2. The third-order valence-electron chi connectivity index (χ3n) is 6.72. The van der Waals surface area contributed by atoms with Gasteiger partial charge in [-0.15, -0.1) is 9.05 Å². The Bertz CT molecular complexity index is 1740. The fourth-order valence-corrected chi connectivity index (χ4v) is 6.15. The second-order valence-electron chi connectivity index (χ2n) is 9.46. The highest BCUT2D eigenvalue weighted by atomic mass is 32.5. The first-order valence-corrected chi connectivity index (χ1v) is 16.2. The number of ether oxygens (including phenoxy) is 2. The van der Waals surface area contributed by atoms with Crippen LogP contribution in [-0.2, 0) is 39.4 Å². The average Bonchev–Trinajstić information content (AvgIpc) is 3.71. The number of hydrogen-bond donors (Lipinski definition) is 5. The summed E-state index contributed by atoms with van der Waals surface area (Å²) in [4.78, 5) is 54.1. The van der Waals surface area contributed by atoms with E-state index in [-0.39, 0.29) is 42.6 Å². The van der Waals surface area contributed by atoms with Crippen LogP contribution in [0.5, 0.6) is 0 Å². The lowest BCUT2D eigenvalue weighted by Crippen LogP contribution is -2.27. The maximum Gasteiger partial charge on any atom is 0.697 e. The molecule has 4 aromatic heterocycles. The number of imidazole rings is 2. The molecule has 2 aliphatic heterocycles. The van der Waals surface area contributed by atoms with Gasteiger partial charge in [-0.3, -0.25) is 18.9 Å². The molecule has 0 bridgehead atoms. The van der Waals surface area contributed by atoms with Gasteiger partial charge in [0, 0.05) is 11.0 Å². The van der Waals surface area contributed by atoms with E-state index in [1.54, 1.807) is 9.13 Å². The molecule has 0 aliphatic carbocycles. The summed E-state index contributed by atoms with van der Waals surface area (Å²) >= 11 is 4.54. The molecule has 6 atom stereocenters. The molecule has 0 spiro atoms. The van der Waals surface area contributed by atoms with Crippen LogP contribution in [-0.4, -0.2) is 80.4 Å². The smallest absolute Gasteiger partial charge is 0.382 e. The van der Waals surface area contributed by atoms with Gasteiger partial charge < -0.3 is 35.3 Å². The van der Waals surface area contributed by atoms with Gasteiger partial charge in [-0.25, -0.2) is 19.9 Å². The van der Waals surface area contributed by atoms with E-state index in [9.17, 15) is 19.1 Å². The Balaban J connectivity index is 1.08. The predicted molar refractivity (Wildman–Crippen MR) is 147 cm³/mol. The lowest BCUT2D eigenvalue weighted by atomic mass is 10.2. The first-order chi connectivity index (χ1) is 20.1. The van der Waals surface area contributed by atoms with Crippen molar-refractivity contribution in [3.8, 4) is 0 Å². The molecule has 42 heavy (non-hydrogen) atoms. The molecule has 224 valence electrons. The van der Waals surface area contributed by atoms with Crippen molar-refractivity contribution in [2.24, 2.45) is 0 Å². The van der Waals surface area contributed by atoms with Crippen LogP contribution in [0.2, 0.25) is 0 Å². The molecule has 1 unspecified atom stereocenters. The van der Waals surface area contributed by atoms with E-state index in [0.29, 0.717) is 24.0 Å². The number of nitrogens with zero attached hydrogens (tertiary/aromatic N) is 7. The molecule has 19 nitrogen and oxygen atoms in total. The minimum Gasteiger partial charge on any atom is -0.382 e. The Labute approximate surface area is 241 Å². The third-order valence-corrected chi connectivity index (χ3v) is 8.32. The maximum atomic E-state index is 12.8. The molecule has 2 saturated heterocycles. The van der Waals surface area contributed by atoms with E-state index in [4.69, 9.17) is 34.5 Å². The number of aromatic nitrogens is 8. The summed E-state index contributed by atoms with van der Waals surface area (Å²) in [5, 5.41) is 0. The fourth-order valence-electron chi connectivity index (χ4n) is 4.84. The predicted octanol–water partition coefficient (Wildman–Crippen LogP) is 0.374. The lowest BCUT2D eigenvalue weighted by Gasteiger charge is -2.17. The molecule has 0 saturated carbocycles. The van der Waals surface area contributed by atoms with Crippen molar-refractivity contribution in [2.45, 2.75) is 50.0 Å². The summed E-state index contributed by atoms with van der Waals surface area (Å²) in [6.07, 6.45) is 2.15. The van der Waals surface area contributed by atoms with Gasteiger partial charge in [-0.2, -0.15) is 4.98 Å². The molecule has 6 rings (SSSR count). The van der Waals surface area contributed by atoms with Gasteiger partial charge in [0.25, 0.3) is 5.56 Å². The summed E-state index contributed by atoms with van der Waals surface area (Å²) in [5.74, 6) is 0.147. The first-order valence-electron chi connectivity index (χ1n) is 12.5. The van der Waals surface area contributed by atoms with Crippen LogP contribution in [0.3, 0.4) is 0 Å². The Morgan fingerprint density at radius 2 is 1.83 bits per heavy atom. The lowest BCUT2D eigenvalue weighted by molar-refractivity contribution is -0.0394. The minimum absolute atomic E-state index is 0.0417. The molecule has 0 aromatic carbocycles. The molecule has 2 aliphatic rings. The normalized spacial score (nSPS) is 25.1. The topological polar surface area (TPSA) is 263 Å². The molecule has 4 aromatic rings. The maximum absolute atomic E-state index is 12.8. The van der Waals surface area contributed by atoms with Gasteiger partial charge in [0.05, 0.1) is 25.4 Å². The highest BCUT2D eigenvalue weighted by Gasteiger charge is 2.45. The van der Waals surface area contributed by atoms with Crippen molar-refractivity contribution >= 4 is 60.9 Å². The Hall–Kier alpha value is -3.03. The van der Waals surface area contributed by atoms with Crippen LogP contribution >= 0.6 is 15.0 Å². The molecule has 6 heterocycles. The van der Waals surface area contributed by atoms with Crippen molar-refractivity contribution in [1.82, 2.24) is 39.0 Å². The summed E-state index contributed by atoms with van der Waals surface area (Å²) < 4.78 is 44.2. The summed E-state index contributed by atoms with van der Waals surface area (Å²) in [6.45, 7) is -4.39. The van der Waals surface area contributed by atoms with Crippen molar-refractivity contribution in [1.29, 1.82) is 0 Å². The monoisotopic (exact) mass is 643 g/mol. The van der Waals surface area contributed by atoms with Crippen LogP contribution < -0.4 is 17.0 Å². The number of rotatable bonds is 10. The zero-order valence-electron chi connectivity index (χ0n) is 21.5. The zero-order chi connectivity index (χ0) is 29.6. The summed E-state index contributed by atoms with van der Waals surface area (Å²) in [6, 6.07) is 0. The second kappa shape index (κ2) is 11.6. The third kappa shape index (κ3) is 6.04. The van der Waals surface area contributed by atoms with Crippen molar-refractivity contribution in [2.75, 3.05) is 24.7 Å². The molecular formula is C20H25N10O9P2S+. The SMILES string of the molecule is Nc1nc2c(ncn2[C@H]2CC[C@@H](CO[P+](=O)O[C@H]3C[C@H](n4cnc5c(N)ncnc54)O[C@@H]3COP(O)(O)=S)O2)c(=O)[nH]1. The van der Waals surface area contributed by atoms with Gasteiger partial charge >= 0.3 is 15.0 Å². The van der Waals surface area contributed by atoms with E-state index < -0.39 is 51.3 Å². The minimum atomic E-state index is -4.00. The summed E-state index contributed by atoms with van der Waals surface area (Å²) in [5.41, 5.74) is 12.3. The Kier molecular flexibility index (Phi) is 8.01. The van der Waals surface area contributed by atoms with Gasteiger partial charge in [-0.05, 0) is 24.6 Å². The first kappa shape index (κ1) is 29.1.